The standard InChI is InChI=1S/C20H27N3O6S3/c1-13(7-8-18-22(9-10-24)15-5-3-4-6-16(15)29-18)11-17-19(26)23(20(30)31-17)12-32(27,28)21-14(2)25/h7-8,11,15-16,24H,3-6,9-10,12H2,1-2H3,(H,21,25). The van der Waals surface area contributed by atoms with Gasteiger partial charge in [0.1, 0.15) is 16.3 Å². The average molecular weight is 502 g/mol. The van der Waals surface area contributed by atoms with E-state index < -0.39 is 27.7 Å². The maximum atomic E-state index is 12.7. The lowest BCUT2D eigenvalue weighted by Crippen LogP contribution is -2.40. The lowest BCUT2D eigenvalue weighted by Gasteiger charge is -2.28. The van der Waals surface area contributed by atoms with Crippen molar-refractivity contribution in [2.75, 3.05) is 19.0 Å². The van der Waals surface area contributed by atoms with Crippen molar-refractivity contribution < 1.29 is 27.9 Å². The van der Waals surface area contributed by atoms with Gasteiger partial charge in [-0.05, 0) is 43.9 Å². The number of fused-ring (bicyclic) bond motifs is 1. The molecule has 2 N–H and O–H groups in total. The molecule has 0 aromatic rings. The van der Waals surface area contributed by atoms with Crippen molar-refractivity contribution in [2.45, 2.75) is 51.7 Å². The van der Waals surface area contributed by atoms with Crippen molar-refractivity contribution in [3.8, 4) is 0 Å². The summed E-state index contributed by atoms with van der Waals surface area (Å²) in [6.45, 7) is 3.43. The number of aliphatic hydroxyl groups is 1. The Hall–Kier alpha value is -1.89. The molecule has 0 aromatic carbocycles. The van der Waals surface area contributed by atoms with Crippen molar-refractivity contribution >= 4 is 50.1 Å². The maximum absolute atomic E-state index is 12.7. The molecule has 0 spiro atoms. The zero-order valence-electron chi connectivity index (χ0n) is 17.9. The Bertz CT molecular complexity index is 989. The minimum absolute atomic E-state index is 0.0382. The van der Waals surface area contributed by atoms with Crippen LogP contribution in [0.4, 0.5) is 0 Å². The van der Waals surface area contributed by atoms with Crippen LogP contribution in [0.1, 0.15) is 39.5 Å². The predicted octanol–water partition coefficient (Wildman–Crippen LogP) is 1.58. The SMILES string of the molecule is CC(=O)NS(=O)(=O)CN1C(=O)C(=CC(C)=CC=C2OC3CCCCC3N2CCO)SC1=S. The summed E-state index contributed by atoms with van der Waals surface area (Å²) < 4.78 is 32.0. The number of sulfonamides is 1. The molecule has 9 nitrogen and oxygen atoms in total. The molecule has 2 heterocycles. The second-order valence-corrected chi connectivity index (χ2v) is 11.2. The van der Waals surface area contributed by atoms with Crippen LogP contribution in [0.2, 0.25) is 0 Å². The Kier molecular flexibility index (Phi) is 8.01. The highest BCUT2D eigenvalue weighted by Crippen LogP contribution is 2.36. The molecular formula is C20H27N3O6S3. The second-order valence-electron chi connectivity index (χ2n) is 7.85. The Morgan fingerprint density at radius 3 is 2.75 bits per heavy atom. The first-order chi connectivity index (χ1) is 15.1. The van der Waals surface area contributed by atoms with Gasteiger partial charge in [-0.1, -0.05) is 36.5 Å². The van der Waals surface area contributed by atoms with Crippen LogP contribution in [0.5, 0.6) is 0 Å². The van der Waals surface area contributed by atoms with Crippen molar-refractivity contribution in [3.63, 3.8) is 0 Å². The van der Waals surface area contributed by atoms with E-state index in [1.54, 1.807) is 6.08 Å². The van der Waals surface area contributed by atoms with E-state index in [9.17, 15) is 23.1 Å². The lowest BCUT2D eigenvalue weighted by atomic mass is 9.92. The molecule has 32 heavy (non-hydrogen) atoms. The molecule has 3 fully saturated rings. The Morgan fingerprint density at radius 1 is 1.34 bits per heavy atom. The topological polar surface area (TPSA) is 116 Å². The van der Waals surface area contributed by atoms with Gasteiger partial charge in [-0.15, -0.1) is 0 Å². The summed E-state index contributed by atoms with van der Waals surface area (Å²) in [6, 6.07) is 0.276. The largest absolute Gasteiger partial charge is 0.474 e. The second kappa shape index (κ2) is 10.4. The number of nitrogens with zero attached hydrogens (tertiary/aromatic N) is 2. The number of amides is 2. The van der Waals surface area contributed by atoms with Gasteiger partial charge in [0.25, 0.3) is 15.9 Å². The third-order valence-electron chi connectivity index (χ3n) is 5.28. The smallest absolute Gasteiger partial charge is 0.267 e. The van der Waals surface area contributed by atoms with Crippen LogP contribution in [-0.4, -0.2) is 70.6 Å². The number of ether oxygens (including phenoxy) is 1. The van der Waals surface area contributed by atoms with Crippen molar-refractivity contribution in [1.82, 2.24) is 14.5 Å². The highest BCUT2D eigenvalue weighted by Gasteiger charge is 2.39. The minimum Gasteiger partial charge on any atom is -0.474 e. The van der Waals surface area contributed by atoms with Crippen LogP contribution in [0.15, 0.2) is 34.6 Å². The number of hydrogen-bond acceptors (Lipinski definition) is 9. The molecule has 2 unspecified atom stereocenters. The molecule has 3 aliphatic rings. The van der Waals surface area contributed by atoms with Gasteiger partial charge in [-0.2, -0.15) is 0 Å². The van der Waals surface area contributed by atoms with E-state index in [0.29, 0.717) is 17.3 Å². The van der Waals surface area contributed by atoms with Crippen molar-refractivity contribution in [1.29, 1.82) is 0 Å². The van der Waals surface area contributed by atoms with Gasteiger partial charge in [-0.25, -0.2) is 8.42 Å². The van der Waals surface area contributed by atoms with E-state index in [1.807, 2.05) is 23.8 Å². The Morgan fingerprint density at radius 2 is 2.06 bits per heavy atom. The van der Waals surface area contributed by atoms with Crippen molar-refractivity contribution in [2.24, 2.45) is 0 Å². The molecule has 0 radical (unpaired) electrons. The molecule has 0 aromatic heterocycles. The molecule has 2 amide bonds. The number of nitrogens with one attached hydrogen (secondary N) is 1. The van der Waals surface area contributed by atoms with E-state index in [4.69, 9.17) is 17.0 Å². The number of thiocarbonyl (C=S) groups is 1. The molecule has 2 saturated heterocycles. The van der Waals surface area contributed by atoms with Crippen LogP contribution >= 0.6 is 24.0 Å². The quantitative estimate of drug-likeness (QED) is 0.396. The number of β-amino-alcohol motifs (C(OH)–C–C–N with tert-alkyl or cyclic N) is 1. The zero-order valence-corrected chi connectivity index (χ0v) is 20.4. The maximum Gasteiger partial charge on any atom is 0.267 e. The lowest BCUT2D eigenvalue weighted by molar-refractivity contribution is -0.122. The monoisotopic (exact) mass is 501 g/mol. The summed E-state index contributed by atoms with van der Waals surface area (Å²) in [5, 5.41) is 9.44. The molecule has 2 aliphatic heterocycles. The van der Waals surface area contributed by atoms with Gasteiger partial charge in [0, 0.05) is 13.5 Å². The molecule has 0 bridgehead atoms. The number of rotatable bonds is 7. The van der Waals surface area contributed by atoms with Gasteiger partial charge in [0.05, 0.1) is 17.6 Å². The number of allylic oxidation sites excluding steroid dienone is 4. The minimum atomic E-state index is -4.01. The van der Waals surface area contributed by atoms with Crippen LogP contribution < -0.4 is 4.72 Å². The molecule has 1 saturated carbocycles. The fourth-order valence-corrected chi connectivity index (χ4v) is 6.52. The van der Waals surface area contributed by atoms with E-state index >= 15 is 0 Å². The molecule has 2 atom stereocenters. The summed E-state index contributed by atoms with van der Waals surface area (Å²) >= 11 is 6.16. The van der Waals surface area contributed by atoms with Gasteiger partial charge >= 0.3 is 0 Å². The van der Waals surface area contributed by atoms with Crippen LogP contribution in [-0.2, 0) is 24.3 Å². The molecule has 3 rings (SSSR count). The predicted molar refractivity (Wildman–Crippen MR) is 125 cm³/mol. The summed E-state index contributed by atoms with van der Waals surface area (Å²) in [5.74, 6) is -1.27. The first-order valence-electron chi connectivity index (χ1n) is 10.3. The van der Waals surface area contributed by atoms with Gasteiger partial charge in [0.15, 0.2) is 5.88 Å². The van der Waals surface area contributed by atoms with E-state index in [0.717, 1.165) is 54.8 Å². The van der Waals surface area contributed by atoms with Gasteiger partial charge in [0.2, 0.25) is 5.91 Å². The summed E-state index contributed by atoms with van der Waals surface area (Å²) in [6.07, 6.45) is 9.74. The number of carbonyl (C=O) groups excluding carboxylic acids is 2. The first-order valence-corrected chi connectivity index (χ1v) is 13.2. The molecular weight excluding hydrogens is 474 g/mol. The van der Waals surface area contributed by atoms with Crippen LogP contribution in [0.25, 0.3) is 0 Å². The summed E-state index contributed by atoms with van der Waals surface area (Å²) in [5.41, 5.74) is 0.755. The van der Waals surface area contributed by atoms with Gasteiger partial charge < -0.3 is 14.7 Å². The summed E-state index contributed by atoms with van der Waals surface area (Å²) in [7, 11) is -4.01. The Balaban J connectivity index is 1.73. The third-order valence-corrected chi connectivity index (χ3v) is 7.86. The third kappa shape index (κ3) is 5.91. The highest BCUT2D eigenvalue weighted by atomic mass is 32.2. The normalized spacial score (nSPS) is 26.7. The average Bonchev–Trinajstić information content (AvgIpc) is 3.18. The number of aliphatic hydroxyl groups excluding tert-OH is 1. The molecule has 1 aliphatic carbocycles. The number of carbonyl (C=O) groups is 2. The highest BCUT2D eigenvalue weighted by molar-refractivity contribution is 8.26. The van der Waals surface area contributed by atoms with Crippen LogP contribution in [0.3, 0.4) is 0 Å². The number of thioether (sulfide) groups is 1. The first kappa shape index (κ1) is 24.7. The molecule has 12 heteroatoms. The summed E-state index contributed by atoms with van der Waals surface area (Å²) in [4.78, 5) is 27.1. The fraction of sp³-hybridized carbons (Fsp3) is 0.550. The zero-order chi connectivity index (χ0) is 23.5. The molecule has 176 valence electrons. The van der Waals surface area contributed by atoms with E-state index in [-0.39, 0.29) is 23.1 Å². The van der Waals surface area contributed by atoms with Gasteiger partial charge in [-0.3, -0.25) is 19.2 Å². The van der Waals surface area contributed by atoms with E-state index in [1.165, 1.54) is 0 Å². The number of hydrogen-bond donors (Lipinski definition) is 2. The fourth-order valence-electron chi connectivity index (χ4n) is 3.97. The van der Waals surface area contributed by atoms with E-state index in [2.05, 4.69) is 4.90 Å². The Labute approximate surface area is 197 Å². The van der Waals surface area contributed by atoms with Crippen molar-refractivity contribution in [3.05, 3.63) is 34.6 Å². The van der Waals surface area contributed by atoms with Crippen LogP contribution in [0, 0.1) is 0 Å².